The fourth-order valence-electron chi connectivity index (χ4n) is 4.12. The summed E-state index contributed by atoms with van der Waals surface area (Å²) in [5.41, 5.74) is 1.11. The Labute approximate surface area is 162 Å². The normalized spacial score (nSPS) is 20.1. The lowest BCUT2D eigenvalue weighted by Crippen LogP contribution is -2.50. The molecule has 27 heavy (non-hydrogen) atoms. The maximum Gasteiger partial charge on any atom is 0.260 e. The van der Waals surface area contributed by atoms with Gasteiger partial charge in [0.1, 0.15) is 5.75 Å². The van der Waals surface area contributed by atoms with Crippen LogP contribution in [0.3, 0.4) is 0 Å². The molecule has 148 valence electrons. The minimum Gasteiger partial charge on any atom is -0.481 e. The van der Waals surface area contributed by atoms with Crippen molar-refractivity contribution in [1.29, 1.82) is 0 Å². The second-order valence-corrected chi connectivity index (χ2v) is 8.02. The Bertz CT molecular complexity index is 647. The minimum atomic E-state index is -0.534. The molecule has 2 fully saturated rings. The summed E-state index contributed by atoms with van der Waals surface area (Å²) in [6.45, 7) is 5.26. The Kier molecular flexibility index (Phi) is 6.75. The smallest absolute Gasteiger partial charge is 0.260 e. The van der Waals surface area contributed by atoms with Crippen LogP contribution in [0.25, 0.3) is 0 Å². The van der Waals surface area contributed by atoms with Crippen LogP contribution in [0.5, 0.6) is 5.75 Å². The number of rotatable bonds is 5. The van der Waals surface area contributed by atoms with E-state index >= 15 is 0 Å². The first kappa shape index (κ1) is 19.7. The van der Waals surface area contributed by atoms with Gasteiger partial charge < -0.3 is 15.0 Å². The van der Waals surface area contributed by atoms with E-state index in [0.29, 0.717) is 11.7 Å². The van der Waals surface area contributed by atoms with Gasteiger partial charge in [-0.15, -0.1) is 0 Å². The molecule has 1 aromatic carbocycles. The highest BCUT2D eigenvalue weighted by atomic mass is 16.5. The Morgan fingerprint density at radius 2 is 1.81 bits per heavy atom. The molecule has 1 unspecified atom stereocenters. The van der Waals surface area contributed by atoms with Crippen molar-refractivity contribution in [3.63, 3.8) is 0 Å². The number of ether oxygens (including phenoxy) is 1. The van der Waals surface area contributed by atoms with Crippen molar-refractivity contribution in [2.75, 3.05) is 13.1 Å². The molecule has 3 rings (SSSR count). The fraction of sp³-hybridized carbons (Fsp3) is 0.636. The number of nitrogens with zero attached hydrogens (tertiary/aromatic N) is 1. The second kappa shape index (κ2) is 9.25. The molecule has 1 aliphatic heterocycles. The zero-order valence-electron chi connectivity index (χ0n) is 16.6. The van der Waals surface area contributed by atoms with Crippen LogP contribution in [0.15, 0.2) is 24.3 Å². The summed E-state index contributed by atoms with van der Waals surface area (Å²) in [4.78, 5) is 27.1. The van der Waals surface area contributed by atoms with Crippen LogP contribution in [0.4, 0.5) is 0 Å². The molecule has 0 spiro atoms. The summed E-state index contributed by atoms with van der Waals surface area (Å²) >= 11 is 0. The van der Waals surface area contributed by atoms with Crippen molar-refractivity contribution < 1.29 is 14.3 Å². The third-order valence-corrected chi connectivity index (χ3v) is 5.78. The van der Waals surface area contributed by atoms with Gasteiger partial charge in [0.25, 0.3) is 5.91 Å². The maximum absolute atomic E-state index is 12.6. The number of piperidine rings is 1. The first-order chi connectivity index (χ1) is 13.0. The van der Waals surface area contributed by atoms with Crippen LogP contribution in [0.2, 0.25) is 0 Å². The fourth-order valence-corrected chi connectivity index (χ4v) is 4.12. The Hall–Kier alpha value is -2.04. The zero-order valence-corrected chi connectivity index (χ0v) is 16.6. The topological polar surface area (TPSA) is 58.6 Å². The molecule has 2 amide bonds. The van der Waals surface area contributed by atoms with E-state index in [1.54, 1.807) is 6.92 Å². The predicted molar refractivity (Wildman–Crippen MR) is 106 cm³/mol. The lowest BCUT2D eigenvalue weighted by molar-refractivity contribution is -0.137. The van der Waals surface area contributed by atoms with E-state index in [4.69, 9.17) is 4.74 Å². The number of hydrogen-bond acceptors (Lipinski definition) is 3. The largest absolute Gasteiger partial charge is 0.481 e. The van der Waals surface area contributed by atoms with Crippen LogP contribution in [0, 0.1) is 12.8 Å². The Balaban J connectivity index is 1.42. The average molecular weight is 373 g/mol. The summed E-state index contributed by atoms with van der Waals surface area (Å²) in [6.07, 6.45) is 6.83. The van der Waals surface area contributed by atoms with E-state index in [1.165, 1.54) is 19.3 Å². The predicted octanol–water partition coefficient (Wildman–Crippen LogP) is 3.45. The second-order valence-electron chi connectivity index (χ2n) is 8.02. The number of carbonyl (C=O) groups excluding carboxylic acids is 2. The summed E-state index contributed by atoms with van der Waals surface area (Å²) in [7, 11) is 0. The first-order valence-corrected chi connectivity index (χ1v) is 10.4. The van der Waals surface area contributed by atoms with Gasteiger partial charge in [0.15, 0.2) is 6.10 Å². The van der Waals surface area contributed by atoms with Crippen molar-refractivity contribution >= 4 is 11.8 Å². The zero-order chi connectivity index (χ0) is 19.2. The van der Waals surface area contributed by atoms with Gasteiger partial charge in [-0.25, -0.2) is 0 Å². The number of benzene rings is 1. The molecule has 1 atom stereocenters. The van der Waals surface area contributed by atoms with Crippen LogP contribution < -0.4 is 10.1 Å². The van der Waals surface area contributed by atoms with Gasteiger partial charge >= 0.3 is 0 Å². The molecule has 1 heterocycles. The number of carbonyl (C=O) groups is 2. The number of nitrogens with one attached hydrogen (secondary N) is 1. The van der Waals surface area contributed by atoms with Crippen molar-refractivity contribution in [3.8, 4) is 5.75 Å². The van der Waals surface area contributed by atoms with Crippen LogP contribution in [-0.4, -0.2) is 41.9 Å². The van der Waals surface area contributed by atoms with Crippen molar-refractivity contribution in [1.82, 2.24) is 10.2 Å². The highest BCUT2D eigenvalue weighted by molar-refractivity contribution is 5.81. The van der Waals surface area contributed by atoms with Gasteiger partial charge in [0, 0.05) is 25.0 Å². The highest BCUT2D eigenvalue weighted by Gasteiger charge is 2.30. The third kappa shape index (κ3) is 5.47. The lowest BCUT2D eigenvalue weighted by Gasteiger charge is -2.35. The van der Waals surface area contributed by atoms with Crippen LogP contribution in [-0.2, 0) is 9.59 Å². The summed E-state index contributed by atoms with van der Waals surface area (Å²) < 4.78 is 5.76. The van der Waals surface area contributed by atoms with Crippen molar-refractivity contribution in [2.24, 2.45) is 5.92 Å². The number of hydrogen-bond donors (Lipinski definition) is 1. The molecular weight excluding hydrogens is 340 g/mol. The molecule has 1 aliphatic carbocycles. The number of amides is 2. The Morgan fingerprint density at radius 3 is 2.48 bits per heavy atom. The van der Waals surface area contributed by atoms with E-state index in [1.807, 2.05) is 36.1 Å². The summed E-state index contributed by atoms with van der Waals surface area (Å²) in [5.74, 6) is 1.18. The van der Waals surface area contributed by atoms with E-state index in [9.17, 15) is 9.59 Å². The van der Waals surface area contributed by atoms with Crippen molar-refractivity contribution in [3.05, 3.63) is 29.8 Å². The molecular formula is C22H32N2O3. The lowest BCUT2D eigenvalue weighted by atomic mass is 9.87. The highest BCUT2D eigenvalue weighted by Crippen LogP contribution is 2.26. The number of likely N-dealkylation sites (tertiary alicyclic amines) is 1. The van der Waals surface area contributed by atoms with Gasteiger partial charge in [-0.1, -0.05) is 31.4 Å². The molecule has 1 saturated carbocycles. The SMILES string of the molecule is Cc1cccc(OC(C)C(=O)NC2CCN(C(=O)C3CCCCC3)CC2)c1. The molecule has 1 N–H and O–H groups in total. The standard InChI is InChI=1S/C22H32N2O3/c1-16-7-6-10-20(15-16)27-17(2)21(25)23-19-11-13-24(14-12-19)22(26)18-8-4-3-5-9-18/h6-7,10,15,17-19H,3-5,8-9,11-14H2,1-2H3,(H,23,25). The monoisotopic (exact) mass is 372 g/mol. The van der Waals surface area contributed by atoms with E-state index < -0.39 is 6.10 Å². The van der Waals surface area contributed by atoms with Gasteiger partial charge in [0.05, 0.1) is 0 Å². The quantitative estimate of drug-likeness (QED) is 0.861. The van der Waals surface area contributed by atoms with Gasteiger partial charge in [-0.2, -0.15) is 0 Å². The molecule has 0 aromatic heterocycles. The van der Waals surface area contributed by atoms with Gasteiger partial charge in [-0.3, -0.25) is 9.59 Å². The Morgan fingerprint density at radius 1 is 1.11 bits per heavy atom. The van der Waals surface area contributed by atoms with E-state index in [-0.39, 0.29) is 17.9 Å². The van der Waals surface area contributed by atoms with Gasteiger partial charge in [-0.05, 0) is 57.2 Å². The van der Waals surface area contributed by atoms with Gasteiger partial charge in [0.2, 0.25) is 5.91 Å². The molecule has 5 heteroatoms. The molecule has 1 saturated heterocycles. The van der Waals surface area contributed by atoms with Crippen molar-refractivity contribution in [2.45, 2.75) is 70.9 Å². The molecule has 1 aromatic rings. The molecule has 5 nitrogen and oxygen atoms in total. The molecule has 2 aliphatic rings. The van der Waals surface area contributed by atoms with E-state index in [2.05, 4.69) is 5.32 Å². The summed E-state index contributed by atoms with van der Waals surface area (Å²) in [6, 6.07) is 7.84. The van der Waals surface area contributed by atoms with E-state index in [0.717, 1.165) is 44.3 Å². The maximum atomic E-state index is 12.6. The first-order valence-electron chi connectivity index (χ1n) is 10.4. The summed E-state index contributed by atoms with van der Waals surface area (Å²) in [5, 5.41) is 3.09. The van der Waals surface area contributed by atoms with Crippen LogP contribution >= 0.6 is 0 Å². The molecule has 0 radical (unpaired) electrons. The number of aryl methyl sites for hydroxylation is 1. The van der Waals surface area contributed by atoms with Crippen LogP contribution in [0.1, 0.15) is 57.4 Å². The minimum absolute atomic E-state index is 0.0893. The average Bonchev–Trinajstić information content (AvgIpc) is 2.68. The third-order valence-electron chi connectivity index (χ3n) is 5.78. The molecule has 0 bridgehead atoms.